The number of aliphatic hydroxyl groups excluding tert-OH is 1. The summed E-state index contributed by atoms with van der Waals surface area (Å²) in [5.41, 5.74) is -0.368. The Balaban J connectivity index is 1.67. The lowest BCUT2D eigenvalue weighted by molar-refractivity contribution is -0.132. The minimum atomic E-state index is -0.761. The van der Waals surface area contributed by atoms with Crippen LogP contribution in [-0.4, -0.2) is 34.7 Å². The lowest BCUT2D eigenvalue weighted by Crippen LogP contribution is -2.43. The van der Waals surface area contributed by atoms with E-state index in [2.05, 4.69) is 4.85 Å². The van der Waals surface area contributed by atoms with E-state index in [1.54, 1.807) is 12.1 Å². The van der Waals surface area contributed by atoms with Crippen LogP contribution >= 0.6 is 0 Å². The molecule has 3 aliphatic rings. The Morgan fingerprint density at radius 3 is 2.41 bits per heavy atom. The molecule has 5 rings (SSSR count). The fourth-order valence-electron chi connectivity index (χ4n) is 5.88. The smallest absolute Gasteiger partial charge is 0.240 e. The average molecular weight is 390 g/mol. The lowest BCUT2D eigenvalue weighted by atomic mass is 9.66. The summed E-state index contributed by atoms with van der Waals surface area (Å²) in [7, 11) is 0. The zero-order chi connectivity index (χ0) is 20.4. The molecule has 2 aromatic rings. The summed E-state index contributed by atoms with van der Waals surface area (Å²) in [5, 5.41) is 11.1. The Bertz CT molecular complexity index is 1090. The van der Waals surface area contributed by atoms with Crippen molar-refractivity contribution in [3.63, 3.8) is 0 Å². The third-order valence-corrected chi connectivity index (χ3v) is 7.19. The van der Waals surface area contributed by atoms with Crippen LogP contribution in [0.4, 0.5) is 11.4 Å². The maximum atomic E-state index is 13.6. The van der Waals surface area contributed by atoms with Crippen LogP contribution in [0.2, 0.25) is 0 Å². The van der Waals surface area contributed by atoms with Crippen molar-refractivity contribution in [1.29, 1.82) is 0 Å². The van der Waals surface area contributed by atoms with Gasteiger partial charge < -0.3 is 9.84 Å². The SMILES string of the molecule is [C-]#[N+]c1ccc(N2C(=O)[C@@H]3[C@H](C2=O)C2(CC)CCC3(CCO)O2)c2ccccc12. The molecule has 148 valence electrons. The molecule has 3 saturated heterocycles. The van der Waals surface area contributed by atoms with E-state index in [0.29, 0.717) is 30.6 Å². The van der Waals surface area contributed by atoms with Gasteiger partial charge in [0, 0.05) is 13.0 Å². The highest BCUT2D eigenvalue weighted by Gasteiger charge is 2.74. The van der Waals surface area contributed by atoms with Crippen LogP contribution in [-0.2, 0) is 14.3 Å². The maximum Gasteiger partial charge on any atom is 0.240 e. The third-order valence-electron chi connectivity index (χ3n) is 7.19. The number of ether oxygens (including phenoxy) is 1. The molecule has 0 saturated carbocycles. The molecule has 4 atom stereocenters. The van der Waals surface area contributed by atoms with E-state index in [1.807, 2.05) is 31.2 Å². The van der Waals surface area contributed by atoms with Crippen LogP contribution in [0.3, 0.4) is 0 Å². The van der Waals surface area contributed by atoms with Gasteiger partial charge in [-0.25, -0.2) is 9.74 Å². The number of hydrogen-bond donors (Lipinski definition) is 1. The van der Waals surface area contributed by atoms with E-state index in [4.69, 9.17) is 11.3 Å². The summed E-state index contributed by atoms with van der Waals surface area (Å²) in [6.07, 6.45) is 2.44. The Hall–Kier alpha value is -2.75. The van der Waals surface area contributed by atoms with E-state index in [-0.39, 0.29) is 18.4 Å². The van der Waals surface area contributed by atoms with Gasteiger partial charge in [-0.05, 0) is 36.1 Å². The van der Waals surface area contributed by atoms with Crippen molar-refractivity contribution >= 4 is 34.0 Å². The minimum Gasteiger partial charge on any atom is -0.396 e. The standard InChI is InChI=1S/C23H22N2O4/c1-3-22-10-11-23(29-22,12-13-26)19-18(22)20(27)25(21(19)28)17-9-8-16(24-2)14-6-4-5-7-15(14)17/h4-9,18-19,26H,3,10-13H2,1H3/t18-,19+,22?,23?/m1/s1. The molecule has 6 nitrogen and oxygen atoms in total. The highest BCUT2D eigenvalue weighted by Crippen LogP contribution is 2.63. The Kier molecular flexibility index (Phi) is 3.86. The number of nitrogens with zero attached hydrogens (tertiary/aromatic N) is 2. The van der Waals surface area contributed by atoms with Gasteiger partial charge in [0.1, 0.15) is 0 Å². The van der Waals surface area contributed by atoms with Crippen molar-refractivity contribution in [3.8, 4) is 0 Å². The van der Waals surface area contributed by atoms with Gasteiger partial charge in [0.25, 0.3) is 0 Å². The van der Waals surface area contributed by atoms with Crippen LogP contribution in [0, 0.1) is 18.4 Å². The maximum absolute atomic E-state index is 13.6. The molecule has 2 amide bonds. The first-order valence-corrected chi connectivity index (χ1v) is 10.1. The number of anilines is 1. The predicted octanol–water partition coefficient (Wildman–Crippen LogP) is 3.59. The number of benzene rings is 2. The van der Waals surface area contributed by atoms with E-state index < -0.39 is 23.0 Å². The highest BCUT2D eigenvalue weighted by atomic mass is 16.5. The second kappa shape index (κ2) is 6.12. The Morgan fingerprint density at radius 1 is 1.10 bits per heavy atom. The first-order valence-electron chi connectivity index (χ1n) is 10.1. The van der Waals surface area contributed by atoms with Crippen LogP contribution in [0.1, 0.15) is 32.6 Å². The predicted molar refractivity (Wildman–Crippen MR) is 107 cm³/mol. The topological polar surface area (TPSA) is 71.2 Å². The van der Waals surface area contributed by atoms with Crippen molar-refractivity contribution in [1.82, 2.24) is 0 Å². The molecular weight excluding hydrogens is 368 g/mol. The minimum absolute atomic E-state index is 0.0763. The average Bonchev–Trinajstić information content (AvgIpc) is 3.34. The quantitative estimate of drug-likeness (QED) is 0.640. The normalized spacial score (nSPS) is 32.8. The molecule has 3 heterocycles. The van der Waals surface area contributed by atoms with E-state index in [9.17, 15) is 14.7 Å². The van der Waals surface area contributed by atoms with Crippen molar-refractivity contribution in [2.45, 2.75) is 43.8 Å². The summed E-state index contributed by atoms with van der Waals surface area (Å²) in [5.74, 6) is -1.54. The monoisotopic (exact) mass is 390 g/mol. The molecule has 0 aromatic heterocycles. The van der Waals surface area contributed by atoms with E-state index in [1.165, 1.54) is 4.90 Å². The highest BCUT2D eigenvalue weighted by molar-refractivity contribution is 6.26. The first kappa shape index (κ1) is 18.3. The molecule has 3 fully saturated rings. The molecule has 1 N–H and O–H groups in total. The summed E-state index contributed by atoms with van der Waals surface area (Å²) in [6.45, 7) is 9.33. The number of imide groups is 1. The largest absolute Gasteiger partial charge is 0.396 e. The van der Waals surface area contributed by atoms with Crippen LogP contribution in [0.15, 0.2) is 36.4 Å². The summed E-state index contributed by atoms with van der Waals surface area (Å²) < 4.78 is 6.39. The van der Waals surface area contributed by atoms with Crippen LogP contribution < -0.4 is 4.90 Å². The molecule has 0 aliphatic carbocycles. The Morgan fingerprint density at radius 2 is 1.76 bits per heavy atom. The summed E-state index contributed by atoms with van der Waals surface area (Å²) >= 11 is 0. The van der Waals surface area contributed by atoms with Crippen molar-refractivity contribution in [2.75, 3.05) is 11.5 Å². The van der Waals surface area contributed by atoms with Gasteiger partial charge in [0.05, 0.1) is 35.3 Å². The zero-order valence-corrected chi connectivity index (χ0v) is 16.2. The summed E-state index contributed by atoms with van der Waals surface area (Å²) in [6, 6.07) is 10.7. The van der Waals surface area contributed by atoms with Crippen molar-refractivity contribution < 1.29 is 19.4 Å². The van der Waals surface area contributed by atoms with E-state index >= 15 is 0 Å². The van der Waals surface area contributed by atoms with Crippen molar-refractivity contribution in [2.24, 2.45) is 11.8 Å². The molecule has 6 heteroatoms. The number of hydrogen-bond acceptors (Lipinski definition) is 4. The van der Waals surface area contributed by atoms with Crippen LogP contribution in [0.25, 0.3) is 15.6 Å². The number of carbonyl (C=O) groups excluding carboxylic acids is 2. The van der Waals surface area contributed by atoms with Gasteiger partial charge in [-0.15, -0.1) is 0 Å². The number of fused-ring (bicyclic) bond motifs is 6. The van der Waals surface area contributed by atoms with Crippen molar-refractivity contribution in [3.05, 3.63) is 47.8 Å². The Labute approximate surface area is 168 Å². The number of amides is 2. The second-order valence-electron chi connectivity index (χ2n) is 8.29. The van der Waals surface area contributed by atoms with Crippen LogP contribution in [0.5, 0.6) is 0 Å². The van der Waals surface area contributed by atoms with Gasteiger partial charge in [0.15, 0.2) is 5.69 Å². The second-order valence-corrected chi connectivity index (χ2v) is 8.29. The number of aliphatic hydroxyl groups is 1. The third kappa shape index (κ3) is 2.17. The fraction of sp³-hybridized carbons (Fsp3) is 0.435. The van der Waals surface area contributed by atoms with E-state index in [0.717, 1.165) is 17.2 Å². The van der Waals surface area contributed by atoms with Gasteiger partial charge >= 0.3 is 0 Å². The molecule has 2 unspecified atom stereocenters. The molecule has 29 heavy (non-hydrogen) atoms. The molecule has 0 radical (unpaired) electrons. The zero-order valence-electron chi connectivity index (χ0n) is 16.2. The van der Waals surface area contributed by atoms with Gasteiger partial charge in [0.2, 0.25) is 11.8 Å². The molecule has 3 aliphatic heterocycles. The summed E-state index contributed by atoms with van der Waals surface area (Å²) in [4.78, 5) is 32.1. The first-order chi connectivity index (χ1) is 14.0. The molecule has 0 spiro atoms. The lowest BCUT2D eigenvalue weighted by Gasteiger charge is -2.30. The number of rotatable bonds is 4. The molecule has 2 aromatic carbocycles. The molecule has 2 bridgehead atoms. The van der Waals surface area contributed by atoms with Gasteiger partial charge in [-0.1, -0.05) is 37.3 Å². The van der Waals surface area contributed by atoms with Gasteiger partial charge in [-0.3, -0.25) is 9.59 Å². The fourth-order valence-corrected chi connectivity index (χ4v) is 5.88. The number of carbonyl (C=O) groups is 2. The molecular formula is C23H22N2O4. The van der Waals surface area contributed by atoms with Gasteiger partial charge in [-0.2, -0.15) is 0 Å².